The third-order valence-electron chi connectivity index (χ3n) is 4.11. The van der Waals surface area contributed by atoms with Crippen LogP contribution in [0.3, 0.4) is 0 Å². The first-order chi connectivity index (χ1) is 13.1. The zero-order valence-electron chi connectivity index (χ0n) is 15.5. The van der Waals surface area contributed by atoms with Gasteiger partial charge in [-0.05, 0) is 32.9 Å². The summed E-state index contributed by atoms with van der Waals surface area (Å²) in [5.41, 5.74) is 0.652. The van der Waals surface area contributed by atoms with E-state index in [0.29, 0.717) is 0 Å². The van der Waals surface area contributed by atoms with Crippen molar-refractivity contribution in [2.45, 2.75) is 27.3 Å². The number of para-hydroxylation sites is 1. The third-order valence-corrected chi connectivity index (χ3v) is 4.74. The average molecular weight is 428 g/mol. The van der Waals surface area contributed by atoms with E-state index in [0.717, 1.165) is 0 Å². The number of rotatable bonds is 7. The van der Waals surface area contributed by atoms with E-state index in [1.807, 2.05) is 0 Å². The second-order valence-electron chi connectivity index (χ2n) is 5.99. The normalized spacial score (nSPS) is 10.6. The van der Waals surface area contributed by atoms with Crippen LogP contribution < -0.4 is 5.32 Å². The van der Waals surface area contributed by atoms with Crippen molar-refractivity contribution in [1.29, 1.82) is 0 Å². The molecule has 2 amide bonds. The Kier molecular flexibility index (Phi) is 6.98. The number of amides is 2. The second kappa shape index (κ2) is 9.03. The van der Waals surface area contributed by atoms with Gasteiger partial charge in [-0.1, -0.05) is 29.3 Å². The number of hydrogen-bond acceptors (Lipinski definition) is 5. The zero-order valence-corrected chi connectivity index (χ0v) is 17.0. The molecule has 150 valence electrons. The van der Waals surface area contributed by atoms with Crippen molar-refractivity contribution in [3.8, 4) is 0 Å². The minimum atomic E-state index is -0.531. The van der Waals surface area contributed by atoms with Crippen LogP contribution in [-0.4, -0.2) is 44.5 Å². The summed E-state index contributed by atoms with van der Waals surface area (Å²) in [6, 6.07) is 4.82. The topological polar surface area (TPSA) is 110 Å². The molecule has 11 heteroatoms. The van der Waals surface area contributed by atoms with Gasteiger partial charge in [-0.2, -0.15) is 5.10 Å². The molecule has 2 aromatic rings. The first-order valence-corrected chi connectivity index (χ1v) is 9.11. The molecule has 0 saturated carbocycles. The number of aromatic nitrogens is 2. The van der Waals surface area contributed by atoms with E-state index in [-0.39, 0.29) is 52.4 Å². The number of nitrogens with one attached hydrogen (secondary N) is 1. The second-order valence-corrected chi connectivity index (χ2v) is 6.80. The van der Waals surface area contributed by atoms with Crippen LogP contribution in [0, 0.1) is 24.0 Å². The van der Waals surface area contributed by atoms with E-state index in [2.05, 4.69) is 10.4 Å². The molecule has 0 aliphatic heterocycles. The highest BCUT2D eigenvalue weighted by Gasteiger charge is 2.24. The van der Waals surface area contributed by atoms with Crippen LogP contribution >= 0.6 is 23.2 Å². The van der Waals surface area contributed by atoms with Crippen molar-refractivity contribution in [2.75, 3.05) is 18.4 Å². The van der Waals surface area contributed by atoms with Gasteiger partial charge in [-0.3, -0.25) is 24.4 Å². The van der Waals surface area contributed by atoms with Gasteiger partial charge in [-0.15, -0.1) is 0 Å². The highest BCUT2D eigenvalue weighted by Crippen LogP contribution is 2.29. The highest BCUT2D eigenvalue weighted by molar-refractivity contribution is 6.39. The number of halogens is 2. The quantitative estimate of drug-likeness (QED) is 0.538. The van der Waals surface area contributed by atoms with Gasteiger partial charge < -0.3 is 10.2 Å². The van der Waals surface area contributed by atoms with Crippen LogP contribution in [0.15, 0.2) is 18.2 Å². The molecule has 0 unspecified atom stereocenters. The molecule has 1 N–H and O–H groups in total. The van der Waals surface area contributed by atoms with Gasteiger partial charge in [0.15, 0.2) is 0 Å². The Morgan fingerprint density at radius 1 is 1.29 bits per heavy atom. The fourth-order valence-corrected chi connectivity index (χ4v) is 3.17. The lowest BCUT2D eigenvalue weighted by Gasteiger charge is -2.21. The van der Waals surface area contributed by atoms with Crippen LogP contribution in [0.4, 0.5) is 11.4 Å². The summed E-state index contributed by atoms with van der Waals surface area (Å²) < 4.78 is 1.27. The SMILES string of the molecule is CCN(CC(=O)Nc1c(Cl)cccc1Cl)C(=O)Cn1nc(C)c([N+](=O)[O-])c1C. The van der Waals surface area contributed by atoms with Gasteiger partial charge in [0.2, 0.25) is 11.8 Å². The molecule has 28 heavy (non-hydrogen) atoms. The zero-order chi connectivity index (χ0) is 21.0. The lowest BCUT2D eigenvalue weighted by Crippen LogP contribution is -2.40. The summed E-state index contributed by atoms with van der Waals surface area (Å²) in [6.07, 6.45) is 0. The predicted molar refractivity (Wildman–Crippen MR) is 106 cm³/mol. The monoisotopic (exact) mass is 427 g/mol. The van der Waals surface area contributed by atoms with E-state index >= 15 is 0 Å². The minimum absolute atomic E-state index is 0.123. The average Bonchev–Trinajstić information content (AvgIpc) is 2.89. The number of carbonyl (C=O) groups excluding carboxylic acids is 2. The van der Waals surface area contributed by atoms with Gasteiger partial charge >= 0.3 is 5.69 Å². The number of nitro groups is 1. The largest absolute Gasteiger partial charge is 0.332 e. The molecule has 2 rings (SSSR count). The number of aryl methyl sites for hydroxylation is 1. The van der Waals surface area contributed by atoms with Crippen molar-refractivity contribution in [3.63, 3.8) is 0 Å². The standard InChI is InChI=1S/C17H19Cl2N5O4/c1-4-22(8-14(25)20-16-12(18)6-5-7-13(16)19)15(26)9-23-11(3)17(24(27)28)10(2)21-23/h5-7H,4,8-9H2,1-3H3,(H,20,25). The molecule has 0 aliphatic rings. The van der Waals surface area contributed by atoms with Crippen molar-refractivity contribution < 1.29 is 14.5 Å². The number of carbonyl (C=O) groups is 2. The van der Waals surface area contributed by atoms with E-state index in [4.69, 9.17) is 23.2 Å². The molecule has 0 atom stereocenters. The molecule has 1 aromatic heterocycles. The van der Waals surface area contributed by atoms with Crippen LogP contribution in [-0.2, 0) is 16.1 Å². The van der Waals surface area contributed by atoms with Crippen LogP contribution in [0.25, 0.3) is 0 Å². The van der Waals surface area contributed by atoms with E-state index in [1.165, 1.54) is 23.4 Å². The number of hydrogen-bond donors (Lipinski definition) is 1. The summed E-state index contributed by atoms with van der Waals surface area (Å²) in [7, 11) is 0. The maximum absolute atomic E-state index is 12.6. The summed E-state index contributed by atoms with van der Waals surface area (Å²) in [5.74, 6) is -0.868. The predicted octanol–water partition coefficient (Wildman–Crippen LogP) is 3.20. The fraction of sp³-hybridized carbons (Fsp3) is 0.353. The maximum atomic E-state index is 12.6. The van der Waals surface area contributed by atoms with Crippen LogP contribution in [0.5, 0.6) is 0 Å². The van der Waals surface area contributed by atoms with Gasteiger partial charge in [0.1, 0.15) is 17.9 Å². The number of likely N-dealkylation sites (N-methyl/N-ethyl adjacent to an activating group) is 1. The molecule has 0 aliphatic carbocycles. The molecular weight excluding hydrogens is 409 g/mol. The van der Waals surface area contributed by atoms with Crippen LogP contribution in [0.2, 0.25) is 10.0 Å². The molecule has 0 spiro atoms. The Labute approximate surface area is 171 Å². The molecule has 0 fully saturated rings. The first kappa shape index (κ1) is 21.6. The summed E-state index contributed by atoms with van der Waals surface area (Å²) in [6.45, 7) is 4.58. The Bertz CT molecular complexity index is 908. The smallest absolute Gasteiger partial charge is 0.312 e. The Hall–Kier alpha value is -2.65. The molecule has 1 aromatic carbocycles. The Morgan fingerprint density at radius 2 is 1.89 bits per heavy atom. The molecule has 0 saturated heterocycles. The number of nitrogens with zero attached hydrogens (tertiary/aromatic N) is 4. The summed E-state index contributed by atoms with van der Waals surface area (Å²) >= 11 is 12.1. The minimum Gasteiger partial charge on any atom is -0.332 e. The van der Waals surface area contributed by atoms with Crippen molar-refractivity contribution in [2.24, 2.45) is 0 Å². The van der Waals surface area contributed by atoms with Crippen molar-refractivity contribution in [3.05, 3.63) is 49.7 Å². The van der Waals surface area contributed by atoms with E-state index in [9.17, 15) is 19.7 Å². The van der Waals surface area contributed by atoms with E-state index in [1.54, 1.807) is 25.1 Å². The molecule has 0 radical (unpaired) electrons. The van der Waals surface area contributed by atoms with Gasteiger partial charge in [0.25, 0.3) is 0 Å². The van der Waals surface area contributed by atoms with Gasteiger partial charge in [-0.25, -0.2) is 0 Å². The lowest BCUT2D eigenvalue weighted by atomic mass is 10.3. The van der Waals surface area contributed by atoms with Crippen molar-refractivity contribution in [1.82, 2.24) is 14.7 Å². The Balaban J connectivity index is 2.09. The third kappa shape index (κ3) is 4.79. The van der Waals surface area contributed by atoms with E-state index < -0.39 is 16.7 Å². The first-order valence-electron chi connectivity index (χ1n) is 8.35. The van der Waals surface area contributed by atoms with Gasteiger partial charge in [0, 0.05) is 6.54 Å². The lowest BCUT2D eigenvalue weighted by molar-refractivity contribution is -0.386. The maximum Gasteiger partial charge on any atom is 0.312 e. The van der Waals surface area contributed by atoms with Gasteiger partial charge in [0.05, 0.1) is 27.2 Å². The number of anilines is 1. The Morgan fingerprint density at radius 3 is 2.39 bits per heavy atom. The highest BCUT2D eigenvalue weighted by atomic mass is 35.5. The van der Waals surface area contributed by atoms with Crippen molar-refractivity contribution >= 4 is 46.4 Å². The molecule has 0 bridgehead atoms. The summed E-state index contributed by atoms with van der Waals surface area (Å²) in [4.78, 5) is 36.8. The fourth-order valence-electron chi connectivity index (χ4n) is 2.68. The molecular formula is C17H19Cl2N5O4. The number of benzene rings is 1. The van der Waals surface area contributed by atoms with Crippen LogP contribution in [0.1, 0.15) is 18.3 Å². The molecule has 1 heterocycles. The molecule has 9 nitrogen and oxygen atoms in total. The summed E-state index contributed by atoms with van der Waals surface area (Å²) in [5, 5.41) is 18.3.